The average molecular weight is 508 g/mol. The number of aromatic amines is 2. The minimum absolute atomic E-state index is 0.136. The second kappa shape index (κ2) is 13.0. The van der Waals surface area contributed by atoms with Gasteiger partial charge >= 0.3 is 11.9 Å². The van der Waals surface area contributed by atoms with Crippen LogP contribution in [0, 0.1) is 0 Å². The van der Waals surface area contributed by atoms with E-state index >= 15 is 0 Å². The van der Waals surface area contributed by atoms with Crippen LogP contribution in [-0.4, -0.2) is 95.2 Å². The molecule has 5 unspecified atom stereocenters. The van der Waals surface area contributed by atoms with E-state index in [9.17, 15) is 34.2 Å². The molecule has 2 rings (SSSR count). The van der Waals surface area contributed by atoms with E-state index in [1.54, 1.807) is 0 Å². The number of nitrogens with one attached hydrogen (secondary N) is 5. The first kappa shape index (κ1) is 27.9. The molecule has 36 heavy (non-hydrogen) atoms. The molecule has 0 spiro atoms. The minimum atomic E-state index is -1.59. The molecule has 0 aliphatic rings. The molecule has 0 aromatic carbocycles. The van der Waals surface area contributed by atoms with Gasteiger partial charge in [-0.05, 0) is 6.92 Å². The molecular weight excluding hydrogens is 480 g/mol. The van der Waals surface area contributed by atoms with Gasteiger partial charge in [-0.3, -0.25) is 19.2 Å². The smallest absolute Gasteiger partial charge is 0.326 e. The normalized spacial score (nSPS) is 15.1. The lowest BCUT2D eigenvalue weighted by Gasteiger charge is -2.26. The van der Waals surface area contributed by atoms with Crippen molar-refractivity contribution in [1.82, 2.24) is 35.9 Å². The van der Waals surface area contributed by atoms with Crippen LogP contribution in [0.3, 0.4) is 0 Å². The van der Waals surface area contributed by atoms with Crippen LogP contribution < -0.4 is 21.7 Å². The van der Waals surface area contributed by atoms with Gasteiger partial charge in [0.1, 0.15) is 18.1 Å². The van der Waals surface area contributed by atoms with Crippen molar-refractivity contribution in [3.8, 4) is 0 Å². The lowest BCUT2D eigenvalue weighted by atomic mass is 10.1. The summed E-state index contributed by atoms with van der Waals surface area (Å²) in [5.74, 6) is -5.51. The van der Waals surface area contributed by atoms with Gasteiger partial charge in [-0.25, -0.2) is 14.8 Å². The Bertz CT molecular complexity index is 1040. The van der Waals surface area contributed by atoms with Crippen LogP contribution >= 0.6 is 0 Å². The van der Waals surface area contributed by atoms with Crippen LogP contribution in [0.4, 0.5) is 0 Å². The first-order valence-corrected chi connectivity index (χ1v) is 10.7. The van der Waals surface area contributed by atoms with E-state index in [1.165, 1.54) is 32.0 Å². The van der Waals surface area contributed by atoms with Crippen LogP contribution in [-0.2, 0) is 36.8 Å². The molecule has 2 heterocycles. The summed E-state index contributed by atoms with van der Waals surface area (Å²) in [6.45, 7) is 1.21. The van der Waals surface area contributed by atoms with Gasteiger partial charge in [0, 0.05) is 36.6 Å². The van der Waals surface area contributed by atoms with Crippen molar-refractivity contribution in [2.75, 3.05) is 0 Å². The van der Waals surface area contributed by atoms with Gasteiger partial charge in [-0.2, -0.15) is 0 Å². The molecule has 10 N–H and O–H groups in total. The average Bonchev–Trinajstić information content (AvgIpc) is 3.49. The standard InChI is InChI=1S/C20H28N8O8/c1-9(29)16(19(34)27-14(20(35)36)3-11-6-23-8-25-11)28-18(33)13(2-10-5-22-7-24-10)26-17(32)12(21)4-15(30)31/h5-9,12-14,16,29H,2-4,21H2,1H3,(H,22,24)(H,23,25)(H,26,32)(H,27,34)(H,28,33)(H,30,31)(H,35,36). The highest BCUT2D eigenvalue weighted by Gasteiger charge is 2.33. The highest BCUT2D eigenvalue weighted by atomic mass is 16.4. The fourth-order valence-electron chi connectivity index (χ4n) is 3.12. The summed E-state index contributed by atoms with van der Waals surface area (Å²) >= 11 is 0. The fourth-order valence-corrected chi connectivity index (χ4v) is 3.12. The maximum atomic E-state index is 13.0. The van der Waals surface area contributed by atoms with Crippen molar-refractivity contribution in [2.24, 2.45) is 5.73 Å². The van der Waals surface area contributed by atoms with Gasteiger partial charge in [0.25, 0.3) is 0 Å². The molecule has 3 amide bonds. The first-order valence-electron chi connectivity index (χ1n) is 10.7. The van der Waals surface area contributed by atoms with E-state index in [0.717, 1.165) is 0 Å². The Morgan fingerprint density at radius 1 is 0.889 bits per heavy atom. The number of aliphatic hydroxyl groups is 1. The molecule has 0 radical (unpaired) electrons. The summed E-state index contributed by atoms with van der Waals surface area (Å²) in [6, 6.07) is -5.78. The van der Waals surface area contributed by atoms with Gasteiger partial charge in [0.15, 0.2) is 0 Å². The number of H-pyrrole nitrogens is 2. The quantitative estimate of drug-likeness (QED) is 0.122. The number of nitrogens with two attached hydrogens (primary N) is 1. The second-order valence-electron chi connectivity index (χ2n) is 7.95. The molecule has 0 fully saturated rings. The number of carboxylic acid groups (broad SMARTS) is 2. The molecule has 0 bridgehead atoms. The number of nitrogens with zero attached hydrogens (tertiary/aromatic N) is 2. The van der Waals surface area contributed by atoms with E-state index in [1.807, 2.05) is 0 Å². The van der Waals surface area contributed by atoms with Gasteiger partial charge in [-0.1, -0.05) is 0 Å². The molecule has 16 heteroatoms. The number of carbonyl (C=O) groups excluding carboxylic acids is 3. The number of imidazole rings is 2. The molecule has 5 atom stereocenters. The highest BCUT2D eigenvalue weighted by molar-refractivity contribution is 5.95. The maximum absolute atomic E-state index is 13.0. The summed E-state index contributed by atoms with van der Waals surface area (Å²) in [4.78, 5) is 73.7. The Kier molecular flexibility index (Phi) is 10.1. The number of rotatable bonds is 14. The SMILES string of the molecule is CC(O)C(NC(=O)C(Cc1cnc[nH]1)NC(=O)C(N)CC(=O)O)C(=O)NC(Cc1cnc[nH]1)C(=O)O. The van der Waals surface area contributed by atoms with Gasteiger partial charge < -0.3 is 47.0 Å². The van der Waals surface area contributed by atoms with Crippen LogP contribution in [0.25, 0.3) is 0 Å². The van der Waals surface area contributed by atoms with Crippen LogP contribution in [0.1, 0.15) is 24.7 Å². The van der Waals surface area contributed by atoms with Crippen molar-refractivity contribution >= 4 is 29.7 Å². The fraction of sp³-hybridized carbons (Fsp3) is 0.450. The van der Waals surface area contributed by atoms with Crippen LogP contribution in [0.15, 0.2) is 25.0 Å². The van der Waals surface area contributed by atoms with Crippen molar-refractivity contribution in [3.05, 3.63) is 36.4 Å². The number of carboxylic acids is 2. The van der Waals surface area contributed by atoms with E-state index in [-0.39, 0.29) is 12.8 Å². The van der Waals surface area contributed by atoms with Crippen LogP contribution in [0.2, 0.25) is 0 Å². The van der Waals surface area contributed by atoms with Crippen molar-refractivity contribution in [3.63, 3.8) is 0 Å². The van der Waals surface area contributed by atoms with E-state index < -0.39 is 66.4 Å². The van der Waals surface area contributed by atoms with Crippen molar-refractivity contribution in [1.29, 1.82) is 0 Å². The molecule has 0 aliphatic carbocycles. The largest absolute Gasteiger partial charge is 0.481 e. The maximum Gasteiger partial charge on any atom is 0.326 e. The third-order valence-electron chi connectivity index (χ3n) is 5.00. The van der Waals surface area contributed by atoms with Gasteiger partial charge in [0.05, 0.1) is 31.2 Å². The molecule has 16 nitrogen and oxygen atoms in total. The second-order valence-corrected chi connectivity index (χ2v) is 7.95. The molecule has 0 saturated heterocycles. The summed E-state index contributed by atoms with van der Waals surface area (Å²) in [5, 5.41) is 35.3. The molecule has 0 aliphatic heterocycles. The summed E-state index contributed by atoms with van der Waals surface area (Å²) in [5.41, 5.74) is 6.42. The van der Waals surface area contributed by atoms with Gasteiger partial charge in [-0.15, -0.1) is 0 Å². The monoisotopic (exact) mass is 508 g/mol. The summed E-state index contributed by atoms with van der Waals surface area (Å²) in [7, 11) is 0. The lowest BCUT2D eigenvalue weighted by Crippen LogP contribution is -2.60. The zero-order valence-electron chi connectivity index (χ0n) is 19.2. The Balaban J connectivity index is 2.15. The molecular formula is C20H28N8O8. The van der Waals surface area contributed by atoms with E-state index in [0.29, 0.717) is 11.4 Å². The van der Waals surface area contributed by atoms with Crippen LogP contribution in [0.5, 0.6) is 0 Å². The lowest BCUT2D eigenvalue weighted by molar-refractivity contribution is -0.143. The Hall–Kier alpha value is -4.31. The number of amides is 3. The summed E-state index contributed by atoms with van der Waals surface area (Å²) < 4.78 is 0. The first-order chi connectivity index (χ1) is 17.0. The molecule has 2 aromatic rings. The third kappa shape index (κ3) is 8.48. The Morgan fingerprint density at radius 3 is 1.86 bits per heavy atom. The molecule has 196 valence electrons. The van der Waals surface area contributed by atoms with Crippen molar-refractivity contribution < 1.29 is 39.3 Å². The third-order valence-corrected chi connectivity index (χ3v) is 5.00. The van der Waals surface area contributed by atoms with E-state index in [2.05, 4.69) is 35.9 Å². The zero-order valence-corrected chi connectivity index (χ0v) is 19.2. The zero-order chi connectivity index (χ0) is 26.8. The number of carbonyl (C=O) groups is 5. The molecule has 2 aromatic heterocycles. The highest BCUT2D eigenvalue weighted by Crippen LogP contribution is 2.05. The molecule has 0 saturated carbocycles. The number of hydrogen-bond acceptors (Lipinski definition) is 9. The number of hydrogen-bond donors (Lipinski definition) is 9. The predicted octanol–water partition coefficient (Wildman–Crippen LogP) is -3.36. The predicted molar refractivity (Wildman–Crippen MR) is 120 cm³/mol. The topological polar surface area (TPSA) is 266 Å². The Morgan fingerprint density at radius 2 is 1.42 bits per heavy atom. The van der Waals surface area contributed by atoms with Crippen molar-refractivity contribution in [2.45, 2.75) is 56.5 Å². The number of aromatic nitrogens is 4. The number of aliphatic carboxylic acids is 2. The van der Waals surface area contributed by atoms with E-state index in [4.69, 9.17) is 10.8 Å². The minimum Gasteiger partial charge on any atom is -0.481 e. The van der Waals surface area contributed by atoms with Gasteiger partial charge in [0.2, 0.25) is 17.7 Å². The summed E-state index contributed by atoms with van der Waals surface area (Å²) in [6.07, 6.45) is 3.03. The Labute approximate surface area is 204 Å². The number of aliphatic hydroxyl groups excluding tert-OH is 1.